The Morgan fingerprint density at radius 3 is 2.33 bits per heavy atom. The van der Waals surface area contributed by atoms with Crippen LogP contribution in [0, 0.1) is 28.6 Å². The third-order valence-corrected chi connectivity index (χ3v) is 2.74. The van der Waals surface area contributed by atoms with E-state index in [0.717, 1.165) is 6.42 Å². The first kappa shape index (κ1) is 14.0. The minimum absolute atomic E-state index is 0.0153. The fourth-order valence-electron chi connectivity index (χ4n) is 1.58. The quantitative estimate of drug-likeness (QED) is 0.657. The zero-order valence-corrected chi connectivity index (χ0v) is 10.3. The Kier molecular flexibility index (Phi) is 5.35. The van der Waals surface area contributed by atoms with Gasteiger partial charge in [-0.1, -0.05) is 20.8 Å². The number of rotatable bonds is 5. The Bertz CT molecular complexity index is 255. The van der Waals surface area contributed by atoms with Gasteiger partial charge in [0.05, 0.1) is 12.7 Å². The van der Waals surface area contributed by atoms with Crippen LogP contribution in [0.1, 0.15) is 41.0 Å². The smallest absolute Gasteiger partial charge is 0.326 e. The van der Waals surface area contributed by atoms with E-state index in [4.69, 9.17) is 10.00 Å². The molecule has 0 fully saturated rings. The van der Waals surface area contributed by atoms with Crippen molar-refractivity contribution in [2.45, 2.75) is 41.0 Å². The average Bonchev–Trinajstić information content (AvgIpc) is 2.15. The summed E-state index contributed by atoms with van der Waals surface area (Å²) >= 11 is 0. The second kappa shape index (κ2) is 5.75. The Labute approximate surface area is 92.4 Å². The van der Waals surface area contributed by atoms with E-state index in [-0.39, 0.29) is 5.92 Å². The van der Waals surface area contributed by atoms with Crippen LogP contribution >= 0.6 is 0 Å². The number of esters is 1. The lowest BCUT2D eigenvalue weighted by Gasteiger charge is -2.27. The van der Waals surface area contributed by atoms with Gasteiger partial charge in [0, 0.05) is 0 Å². The number of hydrogen-bond acceptors (Lipinski definition) is 3. The molecule has 0 N–H and O–H groups in total. The lowest BCUT2D eigenvalue weighted by atomic mass is 9.75. The van der Waals surface area contributed by atoms with Crippen molar-refractivity contribution in [3.63, 3.8) is 0 Å². The van der Waals surface area contributed by atoms with E-state index in [1.54, 1.807) is 13.8 Å². The van der Waals surface area contributed by atoms with Crippen LogP contribution in [0.15, 0.2) is 0 Å². The molecule has 0 radical (unpaired) electrons. The number of carbonyl (C=O) groups is 1. The molecule has 2 atom stereocenters. The Hall–Kier alpha value is -1.04. The molecule has 0 spiro atoms. The number of nitrogens with zero attached hydrogens (tertiary/aromatic N) is 1. The predicted molar refractivity (Wildman–Crippen MR) is 59.0 cm³/mol. The van der Waals surface area contributed by atoms with E-state index in [9.17, 15) is 4.79 Å². The summed E-state index contributed by atoms with van der Waals surface area (Å²) in [6.45, 7) is 9.84. The average molecular weight is 211 g/mol. The number of ether oxygens (including phenoxy) is 1. The van der Waals surface area contributed by atoms with Gasteiger partial charge in [0.25, 0.3) is 0 Å². The maximum Gasteiger partial charge on any atom is 0.326 e. The molecule has 0 saturated carbocycles. The Morgan fingerprint density at radius 1 is 1.47 bits per heavy atom. The first-order valence-corrected chi connectivity index (χ1v) is 5.46. The molecule has 0 aromatic carbocycles. The van der Waals surface area contributed by atoms with E-state index in [1.807, 2.05) is 6.92 Å². The second-order valence-corrected chi connectivity index (χ2v) is 4.57. The van der Waals surface area contributed by atoms with Crippen molar-refractivity contribution in [1.29, 1.82) is 5.26 Å². The molecule has 0 aliphatic carbocycles. The first-order valence-electron chi connectivity index (χ1n) is 5.46. The summed E-state index contributed by atoms with van der Waals surface area (Å²) in [5, 5.41) is 9.11. The first-order chi connectivity index (χ1) is 6.88. The van der Waals surface area contributed by atoms with Crippen molar-refractivity contribution in [2.24, 2.45) is 17.3 Å². The second-order valence-electron chi connectivity index (χ2n) is 4.57. The van der Waals surface area contributed by atoms with Crippen molar-refractivity contribution in [2.75, 3.05) is 6.61 Å². The molecular formula is C12H21NO2. The monoisotopic (exact) mass is 211 g/mol. The van der Waals surface area contributed by atoms with E-state index in [2.05, 4.69) is 19.9 Å². The molecule has 86 valence electrons. The summed E-state index contributed by atoms with van der Waals surface area (Å²) in [6, 6.07) is 2.09. The molecule has 15 heavy (non-hydrogen) atoms. The molecule has 0 aliphatic rings. The fourth-order valence-corrected chi connectivity index (χ4v) is 1.58. The molecule has 0 aromatic heterocycles. The lowest BCUT2D eigenvalue weighted by molar-refractivity contribution is -0.153. The predicted octanol–water partition coefficient (Wildman–Crippen LogP) is 2.76. The van der Waals surface area contributed by atoms with Crippen LogP contribution in [-0.2, 0) is 9.53 Å². The molecule has 0 saturated heterocycles. The maximum atomic E-state index is 11.7. The van der Waals surface area contributed by atoms with E-state index >= 15 is 0 Å². The molecule has 0 heterocycles. The molecule has 0 aliphatic heterocycles. The van der Waals surface area contributed by atoms with Crippen LogP contribution in [0.5, 0.6) is 0 Å². The molecule has 2 unspecified atom stereocenters. The van der Waals surface area contributed by atoms with Gasteiger partial charge in [-0.05, 0) is 32.1 Å². The summed E-state index contributed by atoms with van der Waals surface area (Å²) in [4.78, 5) is 11.7. The third kappa shape index (κ3) is 3.54. The number of hydrogen-bond donors (Lipinski definition) is 0. The molecule has 3 nitrogen and oxygen atoms in total. The molecule has 0 rings (SSSR count). The third-order valence-electron chi connectivity index (χ3n) is 2.74. The van der Waals surface area contributed by atoms with Crippen LogP contribution in [0.2, 0.25) is 0 Å². The summed E-state index contributed by atoms with van der Waals surface area (Å²) in [5.41, 5.74) is -1.01. The minimum atomic E-state index is -1.01. The zero-order chi connectivity index (χ0) is 12.1. The normalized spacial score (nSPS) is 16.6. The molecule has 3 heteroatoms. The minimum Gasteiger partial charge on any atom is -0.465 e. The van der Waals surface area contributed by atoms with Gasteiger partial charge in [0.2, 0.25) is 0 Å². The van der Waals surface area contributed by atoms with Gasteiger partial charge >= 0.3 is 5.97 Å². The SMILES string of the molecule is CCOC(=O)C(C)(C#N)C(C)CC(C)C. The van der Waals surface area contributed by atoms with Crippen molar-refractivity contribution < 1.29 is 9.53 Å². The molecule has 0 aromatic rings. The highest BCUT2D eigenvalue weighted by atomic mass is 16.5. The van der Waals surface area contributed by atoms with Crippen LogP contribution in [0.3, 0.4) is 0 Å². The van der Waals surface area contributed by atoms with Crippen LogP contribution in [0.25, 0.3) is 0 Å². The summed E-state index contributed by atoms with van der Waals surface area (Å²) in [7, 11) is 0. The zero-order valence-electron chi connectivity index (χ0n) is 10.3. The van der Waals surface area contributed by atoms with Crippen LogP contribution in [0.4, 0.5) is 0 Å². The Balaban J connectivity index is 4.70. The fraction of sp³-hybridized carbons (Fsp3) is 0.833. The maximum absolute atomic E-state index is 11.7. The van der Waals surface area contributed by atoms with E-state index in [1.165, 1.54) is 0 Å². The van der Waals surface area contributed by atoms with Gasteiger partial charge in [-0.3, -0.25) is 4.79 Å². The van der Waals surface area contributed by atoms with Crippen molar-refractivity contribution >= 4 is 5.97 Å². The van der Waals surface area contributed by atoms with Gasteiger partial charge in [0.1, 0.15) is 0 Å². The van der Waals surface area contributed by atoms with Gasteiger partial charge in [-0.15, -0.1) is 0 Å². The highest BCUT2D eigenvalue weighted by molar-refractivity contribution is 5.79. The van der Waals surface area contributed by atoms with Crippen molar-refractivity contribution in [3.8, 4) is 6.07 Å². The largest absolute Gasteiger partial charge is 0.465 e. The highest BCUT2D eigenvalue weighted by Crippen LogP contribution is 2.32. The number of nitriles is 1. The Morgan fingerprint density at radius 2 is 2.00 bits per heavy atom. The van der Waals surface area contributed by atoms with Gasteiger partial charge < -0.3 is 4.74 Å². The standard InChI is InChI=1S/C12H21NO2/c1-6-15-11(14)12(5,8-13)10(4)7-9(2)3/h9-10H,6-7H2,1-5H3. The lowest BCUT2D eigenvalue weighted by Crippen LogP contribution is -2.35. The molecule has 0 bridgehead atoms. The summed E-state index contributed by atoms with van der Waals surface area (Å²) < 4.78 is 4.94. The van der Waals surface area contributed by atoms with Crippen molar-refractivity contribution in [1.82, 2.24) is 0 Å². The van der Waals surface area contributed by atoms with E-state index in [0.29, 0.717) is 12.5 Å². The van der Waals surface area contributed by atoms with Crippen LogP contribution in [-0.4, -0.2) is 12.6 Å². The van der Waals surface area contributed by atoms with E-state index < -0.39 is 11.4 Å². The molecular weight excluding hydrogens is 190 g/mol. The van der Waals surface area contributed by atoms with Gasteiger partial charge in [0.15, 0.2) is 5.41 Å². The highest BCUT2D eigenvalue weighted by Gasteiger charge is 2.40. The summed E-state index contributed by atoms with van der Waals surface area (Å²) in [6.07, 6.45) is 0.850. The van der Waals surface area contributed by atoms with Crippen LogP contribution < -0.4 is 0 Å². The van der Waals surface area contributed by atoms with Crippen molar-refractivity contribution in [3.05, 3.63) is 0 Å². The summed E-state index contributed by atoms with van der Waals surface area (Å²) in [5.74, 6) is 0.0873. The molecule has 0 amide bonds. The topological polar surface area (TPSA) is 50.1 Å². The number of carbonyl (C=O) groups excluding carboxylic acids is 1. The van der Waals surface area contributed by atoms with Gasteiger partial charge in [-0.2, -0.15) is 5.26 Å². The van der Waals surface area contributed by atoms with Gasteiger partial charge in [-0.25, -0.2) is 0 Å².